The molecule has 1 aromatic heterocycles. The highest BCUT2D eigenvalue weighted by molar-refractivity contribution is 7.98. The number of hydrogen-bond donors (Lipinski definition) is 1. The van der Waals surface area contributed by atoms with E-state index in [2.05, 4.69) is 15.5 Å². The third-order valence-corrected chi connectivity index (χ3v) is 4.83. The van der Waals surface area contributed by atoms with E-state index in [4.69, 9.17) is 9.15 Å². The summed E-state index contributed by atoms with van der Waals surface area (Å²) in [5.41, 5.74) is 1.19. The van der Waals surface area contributed by atoms with Crippen LogP contribution in [0.15, 0.2) is 64.2 Å². The van der Waals surface area contributed by atoms with Gasteiger partial charge in [0, 0.05) is 12.2 Å². The molecule has 0 fully saturated rings. The van der Waals surface area contributed by atoms with Crippen LogP contribution in [0, 0.1) is 5.82 Å². The number of benzene rings is 2. The summed E-state index contributed by atoms with van der Waals surface area (Å²) >= 11 is 1.30. The molecule has 6 nitrogen and oxygen atoms in total. The molecule has 0 spiro atoms. The second-order valence-corrected chi connectivity index (χ2v) is 8.64. The van der Waals surface area contributed by atoms with Gasteiger partial charge in [0.2, 0.25) is 5.89 Å². The topological polar surface area (TPSA) is 77.2 Å². The van der Waals surface area contributed by atoms with Gasteiger partial charge in [0.25, 0.3) is 5.22 Å². The van der Waals surface area contributed by atoms with Crippen molar-refractivity contribution in [3.8, 4) is 0 Å². The zero-order valence-corrected chi connectivity index (χ0v) is 17.9. The summed E-state index contributed by atoms with van der Waals surface area (Å²) in [6.07, 6.45) is -0.0911. The van der Waals surface area contributed by atoms with Crippen LogP contribution in [0.4, 0.5) is 9.18 Å². The van der Waals surface area contributed by atoms with E-state index in [1.54, 1.807) is 26.8 Å². The molecular formula is C22H24FN3O3S. The number of ether oxygens (including phenoxy) is 1. The Kier molecular flexibility index (Phi) is 7.10. The lowest BCUT2D eigenvalue weighted by atomic mass is 10.1. The van der Waals surface area contributed by atoms with Crippen LogP contribution >= 0.6 is 11.8 Å². The summed E-state index contributed by atoms with van der Waals surface area (Å²) in [5.74, 6) is 0.484. The number of aromatic nitrogens is 2. The number of nitrogens with one attached hydrogen (secondary N) is 1. The van der Waals surface area contributed by atoms with Crippen molar-refractivity contribution in [2.75, 3.05) is 0 Å². The van der Waals surface area contributed by atoms with Gasteiger partial charge in [0.15, 0.2) is 0 Å². The molecule has 1 heterocycles. The lowest BCUT2D eigenvalue weighted by Gasteiger charge is -2.22. The molecular weight excluding hydrogens is 405 g/mol. The molecule has 0 saturated heterocycles. The van der Waals surface area contributed by atoms with Gasteiger partial charge in [0.1, 0.15) is 17.5 Å². The van der Waals surface area contributed by atoms with Crippen LogP contribution in [0.2, 0.25) is 0 Å². The molecule has 8 heteroatoms. The van der Waals surface area contributed by atoms with E-state index in [1.165, 1.54) is 23.9 Å². The highest BCUT2D eigenvalue weighted by Gasteiger charge is 2.25. The van der Waals surface area contributed by atoms with Crippen molar-refractivity contribution in [3.05, 3.63) is 77.4 Å². The monoisotopic (exact) mass is 429 g/mol. The summed E-state index contributed by atoms with van der Waals surface area (Å²) in [5, 5.41) is 11.3. The summed E-state index contributed by atoms with van der Waals surface area (Å²) < 4.78 is 24.5. The van der Waals surface area contributed by atoms with E-state index in [9.17, 15) is 9.18 Å². The normalized spacial score (nSPS) is 12.4. The molecule has 158 valence electrons. The van der Waals surface area contributed by atoms with Crippen LogP contribution in [0.5, 0.6) is 0 Å². The van der Waals surface area contributed by atoms with Gasteiger partial charge < -0.3 is 14.5 Å². The Morgan fingerprint density at radius 3 is 2.57 bits per heavy atom. The number of amides is 1. The maximum atomic E-state index is 13.3. The zero-order chi connectivity index (χ0) is 21.6. The van der Waals surface area contributed by atoms with Crippen molar-refractivity contribution >= 4 is 17.9 Å². The first-order valence-corrected chi connectivity index (χ1v) is 10.5. The van der Waals surface area contributed by atoms with Crippen molar-refractivity contribution in [1.29, 1.82) is 0 Å². The predicted molar refractivity (Wildman–Crippen MR) is 113 cm³/mol. The van der Waals surface area contributed by atoms with Gasteiger partial charge in [-0.3, -0.25) is 0 Å². The average Bonchev–Trinajstić information content (AvgIpc) is 3.14. The van der Waals surface area contributed by atoms with Gasteiger partial charge in [-0.2, -0.15) is 0 Å². The first kappa shape index (κ1) is 21.8. The molecule has 0 radical (unpaired) electrons. The number of hydrogen-bond acceptors (Lipinski definition) is 6. The number of halogens is 1. The van der Waals surface area contributed by atoms with E-state index < -0.39 is 17.7 Å². The van der Waals surface area contributed by atoms with Crippen LogP contribution in [0.1, 0.15) is 43.8 Å². The van der Waals surface area contributed by atoms with E-state index in [1.807, 2.05) is 36.4 Å². The van der Waals surface area contributed by atoms with Gasteiger partial charge in [-0.1, -0.05) is 54.2 Å². The zero-order valence-electron chi connectivity index (χ0n) is 17.1. The molecule has 30 heavy (non-hydrogen) atoms. The van der Waals surface area contributed by atoms with Gasteiger partial charge in [0.05, 0.1) is 0 Å². The largest absolute Gasteiger partial charge is 0.444 e. The van der Waals surface area contributed by atoms with E-state index in [0.717, 1.165) is 11.1 Å². The fourth-order valence-corrected chi connectivity index (χ4v) is 3.40. The van der Waals surface area contributed by atoms with Crippen molar-refractivity contribution in [3.63, 3.8) is 0 Å². The molecule has 0 unspecified atom stereocenters. The summed E-state index contributed by atoms with van der Waals surface area (Å²) in [7, 11) is 0. The van der Waals surface area contributed by atoms with Crippen molar-refractivity contribution < 1.29 is 18.3 Å². The van der Waals surface area contributed by atoms with Crippen LogP contribution in [0.25, 0.3) is 0 Å². The quantitative estimate of drug-likeness (QED) is 0.513. The Morgan fingerprint density at radius 1 is 1.13 bits per heavy atom. The molecule has 0 aliphatic heterocycles. The highest BCUT2D eigenvalue weighted by Crippen LogP contribution is 2.25. The SMILES string of the molecule is CC(C)(C)OC(=O)N[C@@H](Cc1ccccc1)c1nnc(SCc2cccc(F)c2)o1. The molecule has 1 atom stereocenters. The Balaban J connectivity index is 1.71. The van der Waals surface area contributed by atoms with Crippen molar-refractivity contribution in [1.82, 2.24) is 15.5 Å². The summed E-state index contributed by atoms with van der Waals surface area (Å²) in [6.45, 7) is 5.39. The smallest absolute Gasteiger partial charge is 0.408 e. The van der Waals surface area contributed by atoms with Crippen LogP contribution in [-0.4, -0.2) is 21.9 Å². The minimum Gasteiger partial charge on any atom is -0.444 e. The predicted octanol–water partition coefficient (Wildman–Crippen LogP) is 5.31. The first-order chi connectivity index (χ1) is 14.3. The number of alkyl carbamates (subject to hydrolysis) is 1. The Bertz CT molecular complexity index is 973. The van der Waals surface area contributed by atoms with Gasteiger partial charge in [-0.15, -0.1) is 10.2 Å². The summed E-state index contributed by atoms with van der Waals surface area (Å²) in [4.78, 5) is 12.3. The molecule has 1 N–H and O–H groups in total. The van der Waals surface area contributed by atoms with Gasteiger partial charge in [-0.25, -0.2) is 9.18 Å². The van der Waals surface area contributed by atoms with Crippen LogP contribution in [0.3, 0.4) is 0 Å². The standard InChI is InChI=1S/C22H24FN3O3S/c1-22(2,3)29-20(27)24-18(13-15-8-5-4-6-9-15)19-25-26-21(28-19)30-14-16-10-7-11-17(23)12-16/h4-12,18H,13-14H2,1-3H3,(H,24,27)/t18-/m0/s1. The molecule has 1 amide bonds. The molecule has 0 bridgehead atoms. The molecule has 0 aliphatic rings. The Labute approximate surface area is 179 Å². The minimum atomic E-state index is -0.623. The second-order valence-electron chi connectivity index (χ2n) is 7.71. The van der Waals surface area contributed by atoms with E-state index in [0.29, 0.717) is 17.4 Å². The highest BCUT2D eigenvalue weighted by atomic mass is 32.2. The van der Waals surface area contributed by atoms with Gasteiger partial charge in [-0.05, 0) is 44.0 Å². The maximum absolute atomic E-state index is 13.3. The van der Waals surface area contributed by atoms with Crippen LogP contribution < -0.4 is 5.32 Å². The number of rotatable bonds is 7. The maximum Gasteiger partial charge on any atom is 0.408 e. The fourth-order valence-electron chi connectivity index (χ4n) is 2.69. The molecule has 0 saturated carbocycles. The average molecular weight is 430 g/mol. The lowest BCUT2D eigenvalue weighted by molar-refractivity contribution is 0.0494. The van der Waals surface area contributed by atoms with Crippen LogP contribution in [-0.2, 0) is 16.9 Å². The third kappa shape index (κ3) is 6.88. The van der Waals surface area contributed by atoms with Crippen molar-refractivity contribution in [2.24, 2.45) is 0 Å². The van der Waals surface area contributed by atoms with E-state index in [-0.39, 0.29) is 11.7 Å². The first-order valence-electron chi connectivity index (χ1n) is 9.52. The molecule has 0 aliphatic carbocycles. The second kappa shape index (κ2) is 9.75. The molecule has 3 aromatic rings. The number of carbonyl (C=O) groups excluding carboxylic acids is 1. The molecule has 3 rings (SSSR count). The number of carbonyl (C=O) groups is 1. The fraction of sp³-hybridized carbons (Fsp3) is 0.318. The van der Waals surface area contributed by atoms with E-state index >= 15 is 0 Å². The van der Waals surface area contributed by atoms with Gasteiger partial charge >= 0.3 is 6.09 Å². The lowest BCUT2D eigenvalue weighted by Crippen LogP contribution is -2.36. The Hall–Kier alpha value is -2.87. The Morgan fingerprint density at radius 2 is 1.87 bits per heavy atom. The van der Waals surface area contributed by atoms with Crippen molar-refractivity contribution in [2.45, 2.75) is 49.8 Å². The molecule has 2 aromatic carbocycles. The third-order valence-electron chi connectivity index (χ3n) is 3.95. The number of thioether (sulfide) groups is 1. The minimum absolute atomic E-state index is 0.284. The number of nitrogens with zero attached hydrogens (tertiary/aromatic N) is 2. The summed E-state index contributed by atoms with van der Waals surface area (Å²) in [6, 6.07) is 15.5.